The first kappa shape index (κ1) is 13.4. The van der Waals surface area contributed by atoms with Crippen molar-refractivity contribution in [2.24, 2.45) is 0 Å². The zero-order valence-corrected chi connectivity index (χ0v) is 12.2. The molecule has 18 heavy (non-hydrogen) atoms. The van der Waals surface area contributed by atoms with Crippen LogP contribution in [-0.2, 0) is 6.54 Å². The molecule has 1 aromatic heterocycles. The summed E-state index contributed by atoms with van der Waals surface area (Å²) < 4.78 is 6.89. The third kappa shape index (κ3) is 3.72. The molecule has 1 heterocycles. The molecule has 0 atom stereocenters. The van der Waals surface area contributed by atoms with E-state index in [-0.39, 0.29) is 0 Å². The third-order valence-corrected chi connectivity index (χ3v) is 3.33. The average Bonchev–Trinajstić information content (AvgIpc) is 2.84. The van der Waals surface area contributed by atoms with Gasteiger partial charge in [0.05, 0.1) is 6.54 Å². The lowest BCUT2D eigenvalue weighted by Gasteiger charge is -2.01. The minimum atomic E-state index is 0.802. The van der Waals surface area contributed by atoms with Crippen molar-refractivity contribution in [1.29, 1.82) is 0 Å². The smallest absolute Gasteiger partial charge is 0.134 e. The molecule has 0 aliphatic rings. The summed E-state index contributed by atoms with van der Waals surface area (Å²) in [5.41, 5.74) is 1.11. The summed E-state index contributed by atoms with van der Waals surface area (Å²) in [6.07, 6.45) is 2.43. The van der Waals surface area contributed by atoms with Gasteiger partial charge >= 0.3 is 0 Å². The van der Waals surface area contributed by atoms with E-state index in [9.17, 15) is 0 Å². The van der Waals surface area contributed by atoms with E-state index in [2.05, 4.69) is 40.3 Å². The van der Waals surface area contributed by atoms with Crippen molar-refractivity contribution in [2.75, 3.05) is 6.54 Å². The molecule has 0 saturated heterocycles. The van der Waals surface area contributed by atoms with Crippen LogP contribution in [0.1, 0.15) is 25.5 Å². The average molecular weight is 308 g/mol. The summed E-state index contributed by atoms with van der Waals surface area (Å²) in [7, 11) is 0. The van der Waals surface area contributed by atoms with E-state index in [1.807, 2.05) is 24.3 Å². The molecular formula is C15H18BrNO. The first-order chi connectivity index (χ1) is 8.79. The minimum absolute atomic E-state index is 0.802. The molecule has 1 aromatic carbocycles. The van der Waals surface area contributed by atoms with Gasteiger partial charge in [-0.3, -0.25) is 0 Å². The van der Waals surface area contributed by atoms with Gasteiger partial charge in [-0.25, -0.2) is 0 Å². The standard InChI is InChI=1S/C15H18BrNO/c1-2-3-10-17-11-14-8-9-15(18-14)12-4-6-13(16)7-5-12/h4-9,17H,2-3,10-11H2,1H3. The largest absolute Gasteiger partial charge is 0.460 e. The first-order valence-corrected chi connectivity index (χ1v) is 7.14. The van der Waals surface area contributed by atoms with E-state index >= 15 is 0 Å². The molecule has 0 spiro atoms. The van der Waals surface area contributed by atoms with E-state index in [0.29, 0.717) is 0 Å². The highest BCUT2D eigenvalue weighted by molar-refractivity contribution is 9.10. The molecule has 0 bridgehead atoms. The summed E-state index contributed by atoms with van der Waals surface area (Å²) in [6.45, 7) is 4.04. The van der Waals surface area contributed by atoms with Gasteiger partial charge in [-0.05, 0) is 37.2 Å². The van der Waals surface area contributed by atoms with Gasteiger partial charge < -0.3 is 9.73 Å². The van der Waals surface area contributed by atoms with Crippen molar-refractivity contribution >= 4 is 15.9 Å². The molecule has 0 saturated carbocycles. The number of halogens is 1. The second-order valence-electron chi connectivity index (χ2n) is 4.30. The lowest BCUT2D eigenvalue weighted by Crippen LogP contribution is -2.13. The van der Waals surface area contributed by atoms with E-state index < -0.39 is 0 Å². The number of benzene rings is 1. The predicted molar refractivity (Wildman–Crippen MR) is 78.5 cm³/mol. The van der Waals surface area contributed by atoms with Crippen LogP contribution in [0, 0.1) is 0 Å². The van der Waals surface area contributed by atoms with Crippen molar-refractivity contribution < 1.29 is 4.42 Å². The Kier molecular flexibility index (Phi) is 5.02. The van der Waals surface area contributed by atoms with Crippen molar-refractivity contribution in [3.63, 3.8) is 0 Å². The maximum atomic E-state index is 5.81. The molecular weight excluding hydrogens is 290 g/mol. The number of hydrogen-bond donors (Lipinski definition) is 1. The van der Waals surface area contributed by atoms with Crippen molar-refractivity contribution in [3.8, 4) is 11.3 Å². The van der Waals surface area contributed by atoms with Gasteiger partial charge in [0, 0.05) is 10.0 Å². The second-order valence-corrected chi connectivity index (χ2v) is 5.22. The van der Waals surface area contributed by atoms with Crippen molar-refractivity contribution in [2.45, 2.75) is 26.3 Å². The Hall–Kier alpha value is -1.06. The zero-order chi connectivity index (χ0) is 12.8. The fourth-order valence-corrected chi connectivity index (χ4v) is 2.02. The highest BCUT2D eigenvalue weighted by atomic mass is 79.9. The second kappa shape index (κ2) is 6.76. The summed E-state index contributed by atoms with van der Waals surface area (Å²) in [5, 5.41) is 3.38. The van der Waals surface area contributed by atoms with Gasteiger partial charge in [0.15, 0.2) is 0 Å². The van der Waals surface area contributed by atoms with Gasteiger partial charge in [0.2, 0.25) is 0 Å². The molecule has 0 amide bonds. The van der Waals surface area contributed by atoms with Gasteiger partial charge in [-0.15, -0.1) is 0 Å². The predicted octanol–water partition coefficient (Wildman–Crippen LogP) is 4.60. The normalized spacial score (nSPS) is 10.8. The van der Waals surface area contributed by atoms with Gasteiger partial charge in [-0.1, -0.05) is 41.4 Å². The number of hydrogen-bond acceptors (Lipinski definition) is 2. The Labute approximate surface area is 117 Å². The molecule has 3 heteroatoms. The number of furan rings is 1. The Morgan fingerprint density at radius 3 is 2.61 bits per heavy atom. The maximum absolute atomic E-state index is 5.81. The van der Waals surface area contributed by atoms with Crippen LogP contribution in [0.15, 0.2) is 45.3 Å². The minimum Gasteiger partial charge on any atom is -0.460 e. The van der Waals surface area contributed by atoms with Crippen molar-refractivity contribution in [1.82, 2.24) is 5.32 Å². The fraction of sp³-hybridized carbons (Fsp3) is 0.333. The molecule has 0 aliphatic heterocycles. The molecule has 1 N–H and O–H groups in total. The summed E-state index contributed by atoms with van der Waals surface area (Å²) in [6, 6.07) is 12.2. The van der Waals surface area contributed by atoms with Gasteiger partial charge in [0.25, 0.3) is 0 Å². The lowest BCUT2D eigenvalue weighted by molar-refractivity contribution is 0.490. The van der Waals surface area contributed by atoms with E-state index in [4.69, 9.17) is 4.42 Å². The molecule has 0 aliphatic carbocycles. The first-order valence-electron chi connectivity index (χ1n) is 6.35. The highest BCUT2D eigenvalue weighted by Gasteiger charge is 2.04. The Morgan fingerprint density at radius 2 is 1.89 bits per heavy atom. The number of rotatable bonds is 6. The quantitative estimate of drug-likeness (QED) is 0.789. The summed E-state index contributed by atoms with van der Waals surface area (Å²) >= 11 is 3.43. The van der Waals surface area contributed by atoms with Crippen molar-refractivity contribution in [3.05, 3.63) is 46.6 Å². The van der Waals surface area contributed by atoms with Crippen LogP contribution in [0.3, 0.4) is 0 Å². The molecule has 0 radical (unpaired) electrons. The highest BCUT2D eigenvalue weighted by Crippen LogP contribution is 2.23. The van der Waals surface area contributed by atoms with Crippen LogP contribution in [0.25, 0.3) is 11.3 Å². The Morgan fingerprint density at radius 1 is 1.11 bits per heavy atom. The third-order valence-electron chi connectivity index (χ3n) is 2.80. The Balaban J connectivity index is 1.95. The van der Waals surface area contributed by atoms with E-state index in [0.717, 1.165) is 34.6 Å². The lowest BCUT2D eigenvalue weighted by atomic mass is 10.2. The van der Waals surface area contributed by atoms with Crippen LogP contribution in [-0.4, -0.2) is 6.54 Å². The van der Waals surface area contributed by atoms with Gasteiger partial charge in [-0.2, -0.15) is 0 Å². The maximum Gasteiger partial charge on any atom is 0.134 e. The topological polar surface area (TPSA) is 25.2 Å². The van der Waals surface area contributed by atoms with Crippen LogP contribution >= 0.6 is 15.9 Å². The molecule has 0 unspecified atom stereocenters. The van der Waals surface area contributed by atoms with Gasteiger partial charge in [0.1, 0.15) is 11.5 Å². The van der Waals surface area contributed by atoms with E-state index in [1.54, 1.807) is 0 Å². The monoisotopic (exact) mass is 307 g/mol. The van der Waals surface area contributed by atoms with E-state index in [1.165, 1.54) is 12.8 Å². The molecule has 2 nitrogen and oxygen atoms in total. The van der Waals surface area contributed by atoms with Crippen LogP contribution in [0.5, 0.6) is 0 Å². The Bertz CT molecular complexity index is 475. The van der Waals surface area contributed by atoms with Crippen LogP contribution < -0.4 is 5.32 Å². The summed E-state index contributed by atoms with van der Waals surface area (Å²) in [5.74, 6) is 1.92. The fourth-order valence-electron chi connectivity index (χ4n) is 1.76. The number of unbranched alkanes of at least 4 members (excludes halogenated alkanes) is 1. The molecule has 96 valence electrons. The van der Waals surface area contributed by atoms with Crippen LogP contribution in [0.2, 0.25) is 0 Å². The zero-order valence-electron chi connectivity index (χ0n) is 10.6. The summed E-state index contributed by atoms with van der Waals surface area (Å²) in [4.78, 5) is 0. The number of nitrogens with one attached hydrogen (secondary N) is 1. The SMILES string of the molecule is CCCCNCc1ccc(-c2ccc(Br)cc2)o1. The molecule has 2 rings (SSSR count). The van der Waals surface area contributed by atoms with Crippen LogP contribution in [0.4, 0.5) is 0 Å². The molecule has 0 fully saturated rings. The molecule has 2 aromatic rings.